The van der Waals surface area contributed by atoms with Crippen molar-refractivity contribution in [1.29, 1.82) is 0 Å². The highest BCUT2D eigenvalue weighted by Crippen LogP contribution is 2.45. The van der Waals surface area contributed by atoms with Crippen LogP contribution in [-0.2, 0) is 16.0 Å². The number of rotatable bonds is 10. The fourth-order valence-corrected chi connectivity index (χ4v) is 4.46. The zero-order valence-electron chi connectivity index (χ0n) is 21.0. The van der Waals surface area contributed by atoms with Gasteiger partial charge in [0.05, 0.1) is 32.9 Å². The molecule has 1 unspecified atom stereocenters. The van der Waals surface area contributed by atoms with Crippen LogP contribution in [0.3, 0.4) is 0 Å². The SMILES string of the molecule is COc1cc(C2C(C(=O)/C=C/c3ccccc3)=C(O)C(=O)N2CCc2ccccc2)cc(OC)c1OC. The molecule has 1 N–H and O–H groups in total. The molecule has 0 bridgehead atoms. The standard InChI is InChI=1S/C30H29NO6/c1-35-24-18-22(19-25(36-2)29(24)37-3)27-26(23(32)15-14-20-10-6-4-7-11-20)28(33)30(34)31(27)17-16-21-12-8-5-9-13-21/h4-15,18-19,27,33H,16-17H2,1-3H3/b15-14+. The fourth-order valence-electron chi connectivity index (χ4n) is 4.46. The Bertz CT molecular complexity index is 1310. The predicted molar refractivity (Wildman–Crippen MR) is 141 cm³/mol. The van der Waals surface area contributed by atoms with Crippen molar-refractivity contribution in [2.45, 2.75) is 12.5 Å². The third-order valence-corrected chi connectivity index (χ3v) is 6.28. The summed E-state index contributed by atoms with van der Waals surface area (Å²) in [7, 11) is 4.49. The molecule has 7 nitrogen and oxygen atoms in total. The lowest BCUT2D eigenvalue weighted by molar-refractivity contribution is -0.129. The lowest BCUT2D eigenvalue weighted by atomic mass is 9.94. The number of aliphatic hydroxyl groups excluding tert-OH is 1. The zero-order chi connectivity index (χ0) is 26.4. The smallest absolute Gasteiger partial charge is 0.290 e. The van der Waals surface area contributed by atoms with Gasteiger partial charge in [-0.2, -0.15) is 0 Å². The van der Waals surface area contributed by atoms with Gasteiger partial charge in [0.2, 0.25) is 5.75 Å². The molecule has 0 saturated carbocycles. The Morgan fingerprint density at radius 1 is 0.919 bits per heavy atom. The second-order valence-corrected chi connectivity index (χ2v) is 8.47. The maximum Gasteiger partial charge on any atom is 0.290 e. The van der Waals surface area contributed by atoms with E-state index in [2.05, 4.69) is 0 Å². The predicted octanol–water partition coefficient (Wildman–Crippen LogP) is 4.93. The number of allylic oxidation sites excluding steroid dienone is 1. The van der Waals surface area contributed by atoms with Gasteiger partial charge in [-0.25, -0.2) is 0 Å². The Labute approximate surface area is 216 Å². The van der Waals surface area contributed by atoms with Crippen molar-refractivity contribution in [2.75, 3.05) is 27.9 Å². The molecular weight excluding hydrogens is 470 g/mol. The first-order valence-electron chi connectivity index (χ1n) is 11.8. The van der Waals surface area contributed by atoms with E-state index in [-0.39, 0.29) is 12.1 Å². The van der Waals surface area contributed by atoms with E-state index >= 15 is 0 Å². The Morgan fingerprint density at radius 2 is 1.51 bits per heavy atom. The van der Waals surface area contributed by atoms with Crippen molar-refractivity contribution >= 4 is 17.8 Å². The molecule has 190 valence electrons. The van der Waals surface area contributed by atoms with Gasteiger partial charge in [0.15, 0.2) is 23.0 Å². The van der Waals surface area contributed by atoms with Gasteiger partial charge < -0.3 is 24.2 Å². The molecule has 1 atom stereocenters. The number of carbonyl (C=O) groups is 2. The lowest BCUT2D eigenvalue weighted by Crippen LogP contribution is -2.33. The highest BCUT2D eigenvalue weighted by molar-refractivity contribution is 6.14. The van der Waals surface area contributed by atoms with E-state index < -0.39 is 23.5 Å². The van der Waals surface area contributed by atoms with Crippen LogP contribution in [0.5, 0.6) is 17.2 Å². The number of methoxy groups -OCH3 is 3. The maximum atomic E-state index is 13.4. The molecule has 3 aromatic carbocycles. The van der Waals surface area contributed by atoms with Gasteiger partial charge in [-0.3, -0.25) is 9.59 Å². The first-order valence-corrected chi connectivity index (χ1v) is 11.8. The average Bonchev–Trinajstić information content (AvgIpc) is 3.20. The lowest BCUT2D eigenvalue weighted by Gasteiger charge is -2.27. The second kappa shape index (κ2) is 11.5. The number of ketones is 1. The first kappa shape index (κ1) is 25.6. The molecule has 37 heavy (non-hydrogen) atoms. The van der Waals surface area contributed by atoms with Crippen LogP contribution in [0.4, 0.5) is 0 Å². The van der Waals surface area contributed by atoms with Crippen molar-refractivity contribution in [3.8, 4) is 17.2 Å². The van der Waals surface area contributed by atoms with Crippen LogP contribution in [0.1, 0.15) is 22.7 Å². The van der Waals surface area contributed by atoms with Gasteiger partial charge in [0.1, 0.15) is 0 Å². The molecule has 0 fully saturated rings. The monoisotopic (exact) mass is 499 g/mol. The maximum absolute atomic E-state index is 13.4. The van der Waals surface area contributed by atoms with Crippen LogP contribution in [0, 0.1) is 0 Å². The number of hydrogen-bond donors (Lipinski definition) is 1. The topological polar surface area (TPSA) is 85.3 Å². The van der Waals surface area contributed by atoms with E-state index in [1.165, 1.54) is 32.3 Å². The fraction of sp³-hybridized carbons (Fsp3) is 0.200. The van der Waals surface area contributed by atoms with Crippen molar-refractivity contribution in [1.82, 2.24) is 4.90 Å². The first-order chi connectivity index (χ1) is 18.0. The normalized spacial score (nSPS) is 15.4. The van der Waals surface area contributed by atoms with E-state index in [9.17, 15) is 14.7 Å². The van der Waals surface area contributed by atoms with Crippen molar-refractivity contribution in [2.24, 2.45) is 0 Å². The van der Waals surface area contributed by atoms with Crippen LogP contribution in [0.25, 0.3) is 6.08 Å². The number of hydrogen-bond acceptors (Lipinski definition) is 6. The van der Waals surface area contributed by atoms with Gasteiger partial charge in [-0.15, -0.1) is 0 Å². The minimum absolute atomic E-state index is 0.000448. The van der Waals surface area contributed by atoms with Crippen molar-refractivity contribution in [3.63, 3.8) is 0 Å². The Hall–Kier alpha value is -4.52. The second-order valence-electron chi connectivity index (χ2n) is 8.47. The Morgan fingerprint density at radius 3 is 2.08 bits per heavy atom. The number of carbonyl (C=O) groups excluding carboxylic acids is 2. The van der Waals surface area contributed by atoms with Gasteiger partial charge in [0.25, 0.3) is 5.91 Å². The van der Waals surface area contributed by atoms with Crippen LogP contribution >= 0.6 is 0 Å². The molecule has 1 heterocycles. The number of nitrogens with zero attached hydrogens (tertiary/aromatic N) is 1. The zero-order valence-corrected chi connectivity index (χ0v) is 21.0. The number of aliphatic hydroxyl groups is 1. The largest absolute Gasteiger partial charge is 0.503 e. The molecule has 0 aliphatic carbocycles. The summed E-state index contributed by atoms with van der Waals surface area (Å²) in [6, 6.07) is 21.6. The van der Waals surface area contributed by atoms with Crippen LogP contribution in [-0.4, -0.2) is 49.6 Å². The number of amides is 1. The minimum atomic E-state index is -0.849. The molecule has 1 aliphatic rings. The summed E-state index contributed by atoms with van der Waals surface area (Å²) < 4.78 is 16.5. The third-order valence-electron chi connectivity index (χ3n) is 6.28. The molecule has 7 heteroatoms. The van der Waals surface area contributed by atoms with Gasteiger partial charge in [-0.05, 0) is 41.3 Å². The number of benzene rings is 3. The summed E-state index contributed by atoms with van der Waals surface area (Å²) in [5.74, 6) is -0.481. The molecule has 0 spiro atoms. The Kier molecular flexibility index (Phi) is 7.93. The van der Waals surface area contributed by atoms with Gasteiger partial charge in [0, 0.05) is 6.54 Å². The van der Waals surface area contributed by atoms with Crippen LogP contribution < -0.4 is 14.2 Å². The van der Waals surface area contributed by atoms with E-state index in [1.807, 2.05) is 60.7 Å². The summed E-state index contributed by atoms with van der Waals surface area (Å²) in [4.78, 5) is 28.2. The minimum Gasteiger partial charge on any atom is -0.503 e. The summed E-state index contributed by atoms with van der Waals surface area (Å²) in [6.07, 6.45) is 3.58. The molecule has 1 aliphatic heterocycles. The highest BCUT2D eigenvalue weighted by atomic mass is 16.5. The molecule has 0 saturated heterocycles. The van der Waals surface area contributed by atoms with Crippen LogP contribution in [0.15, 0.2) is 90.2 Å². The molecule has 3 aromatic rings. The third kappa shape index (κ3) is 5.35. The highest BCUT2D eigenvalue weighted by Gasteiger charge is 2.43. The van der Waals surface area contributed by atoms with Crippen LogP contribution in [0.2, 0.25) is 0 Å². The van der Waals surface area contributed by atoms with Gasteiger partial charge in [-0.1, -0.05) is 66.7 Å². The molecule has 0 aromatic heterocycles. The van der Waals surface area contributed by atoms with Gasteiger partial charge >= 0.3 is 0 Å². The number of ether oxygens (including phenoxy) is 3. The van der Waals surface area contributed by atoms with Crippen molar-refractivity contribution < 1.29 is 28.9 Å². The summed E-state index contributed by atoms with van der Waals surface area (Å²) in [5.41, 5.74) is 2.41. The molecule has 1 amide bonds. The quantitative estimate of drug-likeness (QED) is 0.398. The summed E-state index contributed by atoms with van der Waals surface area (Å²) >= 11 is 0. The van der Waals surface area contributed by atoms with E-state index in [4.69, 9.17) is 14.2 Å². The summed E-state index contributed by atoms with van der Waals surface area (Å²) in [5, 5.41) is 10.9. The molecular formula is C30H29NO6. The van der Waals surface area contributed by atoms with E-state index in [0.717, 1.165) is 11.1 Å². The Balaban J connectivity index is 1.77. The molecule has 0 radical (unpaired) electrons. The van der Waals surface area contributed by atoms with E-state index in [0.29, 0.717) is 29.2 Å². The van der Waals surface area contributed by atoms with E-state index in [1.54, 1.807) is 18.2 Å². The summed E-state index contributed by atoms with van der Waals surface area (Å²) in [6.45, 7) is 0.285. The average molecular weight is 500 g/mol. The molecule has 4 rings (SSSR count). The van der Waals surface area contributed by atoms with Crippen molar-refractivity contribution in [3.05, 3.63) is 107 Å².